The fraction of sp³-hybridized carbons (Fsp3) is 0.929. The van der Waals surface area contributed by atoms with Crippen LogP contribution in [-0.2, 0) is 0 Å². The first-order valence-electron chi connectivity index (χ1n) is 8.00. The first-order valence-corrected chi connectivity index (χ1v) is 8.00. The fourth-order valence-corrected chi connectivity index (χ4v) is 3.57. The number of hydrogen-bond acceptors (Lipinski definition) is 5. The van der Waals surface area contributed by atoms with Crippen LogP contribution in [0, 0.1) is 0 Å². The van der Waals surface area contributed by atoms with E-state index in [1.807, 2.05) is 0 Å². The lowest BCUT2D eigenvalue weighted by atomic mass is 10.1. The lowest BCUT2D eigenvalue weighted by molar-refractivity contribution is 0.101. The summed E-state index contributed by atoms with van der Waals surface area (Å²) in [6, 6.07) is 0.904. The van der Waals surface area contributed by atoms with Gasteiger partial charge in [-0.3, -0.25) is 4.90 Å². The number of tetrazole rings is 1. The lowest BCUT2D eigenvalue weighted by Crippen LogP contribution is -2.46. The molecule has 2 fully saturated rings. The van der Waals surface area contributed by atoms with Gasteiger partial charge in [0.25, 0.3) is 0 Å². The largest absolute Gasteiger partial charge is 0.304 e. The summed E-state index contributed by atoms with van der Waals surface area (Å²) in [4.78, 5) is 4.94. The highest BCUT2D eigenvalue weighted by molar-refractivity contribution is 4.96. The molecular weight excluding hydrogens is 252 g/mol. The van der Waals surface area contributed by atoms with Gasteiger partial charge >= 0.3 is 0 Å². The Balaban J connectivity index is 1.77. The molecule has 0 aromatic carbocycles. The van der Waals surface area contributed by atoms with Crippen LogP contribution < -0.4 is 0 Å². The van der Waals surface area contributed by atoms with E-state index in [4.69, 9.17) is 0 Å². The van der Waals surface area contributed by atoms with Crippen molar-refractivity contribution in [3.63, 3.8) is 0 Å². The lowest BCUT2D eigenvalue weighted by Gasteiger charge is -2.37. The average molecular weight is 278 g/mol. The molecule has 112 valence electrons. The van der Waals surface area contributed by atoms with Gasteiger partial charge in [-0.25, -0.2) is 4.68 Å². The Hall–Kier alpha value is -1.01. The van der Waals surface area contributed by atoms with Crippen LogP contribution in [0.1, 0.15) is 56.9 Å². The Morgan fingerprint density at radius 3 is 2.50 bits per heavy atom. The van der Waals surface area contributed by atoms with Crippen molar-refractivity contribution in [3.8, 4) is 0 Å². The number of aromatic nitrogens is 4. The number of piperazine rings is 1. The van der Waals surface area contributed by atoms with Crippen LogP contribution in [0.25, 0.3) is 0 Å². The SMILES string of the molecule is CCC(c1nnnn1C1CCCC1)N1CCN(C)CC1. The molecule has 20 heavy (non-hydrogen) atoms. The molecule has 1 saturated carbocycles. The standard InChI is InChI=1S/C14H26N6/c1-3-13(19-10-8-18(2)9-11-19)14-15-16-17-20(14)12-6-4-5-7-12/h12-13H,3-11H2,1-2H3. The molecule has 0 spiro atoms. The van der Waals surface area contributed by atoms with Gasteiger partial charge in [0.2, 0.25) is 0 Å². The summed E-state index contributed by atoms with van der Waals surface area (Å²) in [7, 11) is 2.20. The van der Waals surface area contributed by atoms with Crippen molar-refractivity contribution in [2.45, 2.75) is 51.1 Å². The molecule has 1 aromatic heterocycles. The van der Waals surface area contributed by atoms with E-state index in [1.165, 1.54) is 25.7 Å². The van der Waals surface area contributed by atoms with Crippen molar-refractivity contribution in [1.29, 1.82) is 0 Å². The summed E-state index contributed by atoms with van der Waals surface area (Å²) >= 11 is 0. The van der Waals surface area contributed by atoms with E-state index in [9.17, 15) is 0 Å². The maximum atomic E-state index is 4.37. The normalized spacial score (nSPS) is 24.3. The number of hydrogen-bond donors (Lipinski definition) is 0. The molecule has 0 bridgehead atoms. The summed E-state index contributed by atoms with van der Waals surface area (Å²) in [5.41, 5.74) is 0. The highest BCUT2D eigenvalue weighted by atomic mass is 15.6. The third-order valence-corrected chi connectivity index (χ3v) is 4.85. The molecule has 6 nitrogen and oxygen atoms in total. The van der Waals surface area contributed by atoms with Crippen molar-refractivity contribution < 1.29 is 0 Å². The number of nitrogens with zero attached hydrogens (tertiary/aromatic N) is 6. The molecule has 1 unspecified atom stereocenters. The number of rotatable bonds is 4. The molecule has 0 radical (unpaired) electrons. The highest BCUT2D eigenvalue weighted by Crippen LogP contribution is 2.32. The molecule has 1 atom stereocenters. The Morgan fingerprint density at radius 1 is 1.15 bits per heavy atom. The minimum atomic E-state index is 0.374. The zero-order valence-corrected chi connectivity index (χ0v) is 12.7. The van der Waals surface area contributed by atoms with Crippen molar-refractivity contribution in [2.75, 3.05) is 33.2 Å². The first kappa shape index (κ1) is 13.9. The summed E-state index contributed by atoms with van der Waals surface area (Å²) in [6.45, 7) is 6.76. The summed E-state index contributed by atoms with van der Waals surface area (Å²) < 4.78 is 2.12. The monoisotopic (exact) mass is 278 g/mol. The molecule has 1 aliphatic heterocycles. The molecule has 2 aliphatic rings. The minimum absolute atomic E-state index is 0.374. The maximum absolute atomic E-state index is 4.37. The summed E-state index contributed by atoms with van der Waals surface area (Å²) in [6.07, 6.45) is 6.18. The van der Waals surface area contributed by atoms with Crippen LogP contribution in [0.3, 0.4) is 0 Å². The second-order valence-corrected chi connectivity index (χ2v) is 6.18. The summed E-state index contributed by atoms with van der Waals surface area (Å²) in [5.74, 6) is 1.09. The Morgan fingerprint density at radius 2 is 1.85 bits per heavy atom. The maximum Gasteiger partial charge on any atom is 0.168 e. The van der Waals surface area contributed by atoms with Gasteiger partial charge in [0.15, 0.2) is 5.82 Å². The third-order valence-electron chi connectivity index (χ3n) is 4.85. The zero-order chi connectivity index (χ0) is 13.9. The van der Waals surface area contributed by atoms with Crippen LogP contribution >= 0.6 is 0 Å². The average Bonchev–Trinajstić information content (AvgIpc) is 3.12. The van der Waals surface area contributed by atoms with Gasteiger partial charge in [0.1, 0.15) is 0 Å². The molecule has 1 saturated heterocycles. The molecule has 2 heterocycles. The van der Waals surface area contributed by atoms with E-state index in [-0.39, 0.29) is 0 Å². The van der Waals surface area contributed by atoms with Crippen molar-refractivity contribution in [1.82, 2.24) is 30.0 Å². The highest BCUT2D eigenvalue weighted by Gasteiger charge is 2.30. The van der Waals surface area contributed by atoms with Crippen molar-refractivity contribution in [2.24, 2.45) is 0 Å². The molecule has 1 aliphatic carbocycles. The van der Waals surface area contributed by atoms with Crippen LogP contribution in [0.2, 0.25) is 0 Å². The first-order chi connectivity index (χ1) is 9.79. The number of likely N-dealkylation sites (N-methyl/N-ethyl adjacent to an activating group) is 1. The van der Waals surface area contributed by atoms with Gasteiger partial charge in [-0.05, 0) is 36.7 Å². The van der Waals surface area contributed by atoms with E-state index in [0.717, 1.165) is 38.4 Å². The van der Waals surface area contributed by atoms with Crippen LogP contribution in [0.4, 0.5) is 0 Å². The second-order valence-electron chi connectivity index (χ2n) is 6.18. The summed E-state index contributed by atoms with van der Waals surface area (Å²) in [5, 5.41) is 12.6. The molecule has 6 heteroatoms. The topological polar surface area (TPSA) is 50.1 Å². The van der Waals surface area contributed by atoms with Crippen molar-refractivity contribution in [3.05, 3.63) is 5.82 Å². The van der Waals surface area contributed by atoms with E-state index < -0.39 is 0 Å². The van der Waals surface area contributed by atoms with E-state index in [1.54, 1.807) is 0 Å². The van der Waals surface area contributed by atoms with Gasteiger partial charge in [-0.2, -0.15) is 0 Å². The third kappa shape index (κ3) is 2.72. The van der Waals surface area contributed by atoms with Crippen LogP contribution in [0.5, 0.6) is 0 Å². The zero-order valence-electron chi connectivity index (χ0n) is 12.7. The van der Waals surface area contributed by atoms with E-state index in [2.05, 4.69) is 44.0 Å². The predicted octanol–water partition coefficient (Wildman–Crippen LogP) is 1.49. The van der Waals surface area contributed by atoms with Gasteiger partial charge in [-0.1, -0.05) is 19.8 Å². The quantitative estimate of drug-likeness (QED) is 0.835. The van der Waals surface area contributed by atoms with Gasteiger partial charge < -0.3 is 4.90 Å². The molecular formula is C14H26N6. The molecule has 3 rings (SSSR count). The minimum Gasteiger partial charge on any atom is -0.304 e. The van der Waals surface area contributed by atoms with Crippen LogP contribution in [-0.4, -0.2) is 63.2 Å². The second kappa shape index (κ2) is 6.18. The molecule has 0 amide bonds. The van der Waals surface area contributed by atoms with Gasteiger partial charge in [0.05, 0.1) is 12.1 Å². The molecule has 0 N–H and O–H groups in total. The predicted molar refractivity (Wildman–Crippen MR) is 77.4 cm³/mol. The van der Waals surface area contributed by atoms with Crippen LogP contribution in [0.15, 0.2) is 0 Å². The Kier molecular flexibility index (Phi) is 4.31. The van der Waals surface area contributed by atoms with Gasteiger partial charge in [-0.15, -0.1) is 5.10 Å². The van der Waals surface area contributed by atoms with E-state index >= 15 is 0 Å². The van der Waals surface area contributed by atoms with Gasteiger partial charge in [0, 0.05) is 26.2 Å². The van der Waals surface area contributed by atoms with Crippen molar-refractivity contribution >= 4 is 0 Å². The van der Waals surface area contributed by atoms with E-state index in [0.29, 0.717) is 12.1 Å². The fourth-order valence-electron chi connectivity index (χ4n) is 3.57. The Labute approximate surface area is 121 Å². The molecule has 1 aromatic rings. The smallest absolute Gasteiger partial charge is 0.168 e. The Bertz CT molecular complexity index is 417.